The second-order valence-corrected chi connectivity index (χ2v) is 9.96. The van der Waals surface area contributed by atoms with E-state index >= 15 is 0 Å². The molecular weight excluding hydrogens is 404 g/mol. The molecule has 32 heavy (non-hydrogen) atoms. The lowest BCUT2D eigenvalue weighted by molar-refractivity contribution is -0.147. The van der Waals surface area contributed by atoms with Crippen molar-refractivity contribution in [3.8, 4) is 5.75 Å². The van der Waals surface area contributed by atoms with Crippen molar-refractivity contribution in [3.05, 3.63) is 29.8 Å². The number of amides is 2. The van der Waals surface area contributed by atoms with E-state index in [1.807, 2.05) is 29.2 Å². The Labute approximate surface area is 190 Å². The standard InChI is InChI=1S/C25H36N4O3/c26-23(17-7-2-1-3-8-17)25(31)29-15-18-9-6-13-28(18)16-21(29)24(30)27-20-12-14-32-22-11-5-4-10-19(20)22/h4-5,10-11,17-18,20-21,23H,1-3,6-9,12-16,26H2,(H,27,30)/t18-,20-,21?,23+/m1/s1. The lowest BCUT2D eigenvalue weighted by Gasteiger charge is -2.45. The van der Waals surface area contributed by atoms with Crippen molar-refractivity contribution in [2.45, 2.75) is 75.5 Å². The molecule has 0 aromatic heterocycles. The predicted octanol–water partition coefficient (Wildman–Crippen LogP) is 2.21. The van der Waals surface area contributed by atoms with Gasteiger partial charge in [-0.1, -0.05) is 37.5 Å². The minimum atomic E-state index is -0.498. The molecule has 3 aliphatic heterocycles. The highest BCUT2D eigenvalue weighted by Crippen LogP contribution is 2.33. The third kappa shape index (κ3) is 4.25. The first-order valence-corrected chi connectivity index (χ1v) is 12.4. The van der Waals surface area contributed by atoms with E-state index in [2.05, 4.69) is 10.2 Å². The van der Waals surface area contributed by atoms with Crippen LogP contribution in [0.25, 0.3) is 0 Å². The molecule has 1 saturated carbocycles. The SMILES string of the molecule is N[C@H](C(=O)N1C[C@H]2CCCN2CC1C(=O)N[C@@H]1CCOc2ccccc21)C1CCCCC1. The molecule has 0 spiro atoms. The molecule has 1 aliphatic carbocycles. The lowest BCUT2D eigenvalue weighted by Crippen LogP contribution is -2.65. The molecular formula is C25H36N4O3. The molecule has 3 fully saturated rings. The molecule has 7 heteroatoms. The van der Waals surface area contributed by atoms with Gasteiger partial charge < -0.3 is 20.7 Å². The number of hydrogen-bond acceptors (Lipinski definition) is 5. The van der Waals surface area contributed by atoms with Crippen LogP contribution in [-0.2, 0) is 9.59 Å². The van der Waals surface area contributed by atoms with E-state index in [-0.39, 0.29) is 23.8 Å². The molecule has 7 nitrogen and oxygen atoms in total. The molecule has 4 atom stereocenters. The zero-order valence-corrected chi connectivity index (χ0v) is 18.9. The third-order valence-corrected chi connectivity index (χ3v) is 7.99. The Morgan fingerprint density at radius 1 is 1.03 bits per heavy atom. The van der Waals surface area contributed by atoms with Crippen LogP contribution in [0.15, 0.2) is 24.3 Å². The van der Waals surface area contributed by atoms with E-state index in [0.29, 0.717) is 25.7 Å². The Kier molecular flexibility index (Phi) is 6.37. The maximum absolute atomic E-state index is 13.6. The highest BCUT2D eigenvalue weighted by atomic mass is 16.5. The van der Waals surface area contributed by atoms with E-state index < -0.39 is 12.1 Å². The summed E-state index contributed by atoms with van der Waals surface area (Å²) in [5.41, 5.74) is 7.53. The number of rotatable bonds is 4. The van der Waals surface area contributed by atoms with Crippen molar-refractivity contribution in [2.24, 2.45) is 11.7 Å². The summed E-state index contributed by atoms with van der Waals surface area (Å²) in [5.74, 6) is 0.973. The smallest absolute Gasteiger partial charge is 0.244 e. The number of ether oxygens (including phenoxy) is 1. The average molecular weight is 441 g/mol. The summed E-state index contributed by atoms with van der Waals surface area (Å²) in [6.45, 7) is 2.80. The summed E-state index contributed by atoms with van der Waals surface area (Å²) < 4.78 is 5.75. The Balaban J connectivity index is 1.33. The molecule has 2 amide bonds. The second-order valence-electron chi connectivity index (χ2n) is 9.96. The van der Waals surface area contributed by atoms with E-state index in [4.69, 9.17) is 10.5 Å². The van der Waals surface area contributed by atoms with Gasteiger partial charge in [-0.05, 0) is 44.2 Å². The Morgan fingerprint density at radius 3 is 2.69 bits per heavy atom. The highest BCUT2D eigenvalue weighted by Gasteiger charge is 2.44. The molecule has 1 aromatic carbocycles. The van der Waals surface area contributed by atoms with Gasteiger partial charge in [0.25, 0.3) is 0 Å². The zero-order valence-electron chi connectivity index (χ0n) is 18.9. The van der Waals surface area contributed by atoms with Gasteiger partial charge in [0, 0.05) is 31.1 Å². The molecule has 1 unspecified atom stereocenters. The fourth-order valence-electron chi connectivity index (χ4n) is 6.13. The van der Waals surface area contributed by atoms with Crippen LogP contribution < -0.4 is 15.8 Å². The monoisotopic (exact) mass is 440 g/mol. The first-order valence-electron chi connectivity index (χ1n) is 12.4. The highest BCUT2D eigenvalue weighted by molar-refractivity contribution is 5.90. The number of nitrogens with one attached hydrogen (secondary N) is 1. The van der Waals surface area contributed by atoms with Gasteiger partial charge in [0.05, 0.1) is 18.7 Å². The van der Waals surface area contributed by atoms with Crippen LogP contribution in [0.5, 0.6) is 5.75 Å². The number of nitrogens with two attached hydrogens (primary N) is 1. The van der Waals surface area contributed by atoms with Gasteiger partial charge in [0.15, 0.2) is 0 Å². The quantitative estimate of drug-likeness (QED) is 0.750. The van der Waals surface area contributed by atoms with Crippen LogP contribution in [0.2, 0.25) is 0 Å². The van der Waals surface area contributed by atoms with Gasteiger partial charge in [-0.2, -0.15) is 0 Å². The topological polar surface area (TPSA) is 87.9 Å². The minimum Gasteiger partial charge on any atom is -0.493 e. The van der Waals surface area contributed by atoms with E-state index in [1.165, 1.54) is 6.42 Å². The van der Waals surface area contributed by atoms with Crippen molar-refractivity contribution < 1.29 is 14.3 Å². The molecule has 5 rings (SSSR count). The number of hydrogen-bond donors (Lipinski definition) is 2. The normalized spacial score (nSPS) is 29.5. The number of benzene rings is 1. The number of fused-ring (bicyclic) bond motifs is 2. The summed E-state index contributed by atoms with van der Waals surface area (Å²) >= 11 is 0. The van der Waals surface area contributed by atoms with Gasteiger partial charge in [0.1, 0.15) is 11.8 Å². The Bertz CT molecular complexity index is 840. The second kappa shape index (κ2) is 9.40. The molecule has 0 radical (unpaired) electrons. The number of para-hydroxylation sites is 1. The average Bonchev–Trinajstić information content (AvgIpc) is 3.31. The maximum atomic E-state index is 13.6. The van der Waals surface area contributed by atoms with Crippen molar-refractivity contribution in [1.29, 1.82) is 0 Å². The van der Waals surface area contributed by atoms with Crippen LogP contribution in [-0.4, -0.2) is 66.0 Å². The Morgan fingerprint density at radius 2 is 1.84 bits per heavy atom. The Hall–Kier alpha value is -2.12. The van der Waals surface area contributed by atoms with Gasteiger partial charge in [-0.3, -0.25) is 14.5 Å². The maximum Gasteiger partial charge on any atom is 0.244 e. The first kappa shape index (κ1) is 21.7. The van der Waals surface area contributed by atoms with Crippen LogP contribution >= 0.6 is 0 Å². The third-order valence-electron chi connectivity index (χ3n) is 7.99. The number of nitrogens with zero attached hydrogens (tertiary/aromatic N) is 2. The minimum absolute atomic E-state index is 0.0315. The summed E-state index contributed by atoms with van der Waals surface area (Å²) in [6, 6.07) is 7.16. The van der Waals surface area contributed by atoms with Crippen LogP contribution in [0.4, 0.5) is 0 Å². The fourth-order valence-corrected chi connectivity index (χ4v) is 6.13. The van der Waals surface area contributed by atoms with E-state index in [9.17, 15) is 9.59 Å². The molecule has 2 saturated heterocycles. The molecule has 4 aliphatic rings. The molecule has 174 valence electrons. The largest absolute Gasteiger partial charge is 0.493 e. The van der Waals surface area contributed by atoms with Crippen molar-refractivity contribution in [2.75, 3.05) is 26.2 Å². The summed E-state index contributed by atoms with van der Waals surface area (Å²) in [5, 5.41) is 3.25. The van der Waals surface area contributed by atoms with Gasteiger partial charge >= 0.3 is 0 Å². The molecule has 1 aromatic rings. The first-order chi connectivity index (χ1) is 15.6. The summed E-state index contributed by atoms with van der Waals surface area (Å²) in [6.07, 6.45) is 8.52. The summed E-state index contributed by atoms with van der Waals surface area (Å²) in [4.78, 5) is 31.4. The predicted molar refractivity (Wildman–Crippen MR) is 122 cm³/mol. The zero-order chi connectivity index (χ0) is 22.1. The van der Waals surface area contributed by atoms with Gasteiger partial charge in [-0.15, -0.1) is 0 Å². The van der Waals surface area contributed by atoms with Crippen LogP contribution in [0, 0.1) is 5.92 Å². The summed E-state index contributed by atoms with van der Waals surface area (Å²) in [7, 11) is 0. The number of carbonyl (C=O) groups is 2. The van der Waals surface area contributed by atoms with Crippen molar-refractivity contribution in [3.63, 3.8) is 0 Å². The number of carbonyl (C=O) groups excluding carboxylic acids is 2. The van der Waals surface area contributed by atoms with Crippen molar-refractivity contribution in [1.82, 2.24) is 15.1 Å². The van der Waals surface area contributed by atoms with E-state index in [1.54, 1.807) is 0 Å². The van der Waals surface area contributed by atoms with Crippen molar-refractivity contribution >= 4 is 11.8 Å². The van der Waals surface area contributed by atoms with E-state index in [0.717, 1.165) is 62.8 Å². The van der Waals surface area contributed by atoms with Crippen LogP contribution in [0.1, 0.15) is 63.0 Å². The number of piperazine rings is 1. The van der Waals surface area contributed by atoms with Gasteiger partial charge in [-0.25, -0.2) is 0 Å². The lowest BCUT2D eigenvalue weighted by atomic mass is 9.83. The molecule has 3 heterocycles. The van der Waals surface area contributed by atoms with Crippen LogP contribution in [0.3, 0.4) is 0 Å². The molecule has 0 bridgehead atoms. The van der Waals surface area contributed by atoms with Gasteiger partial charge in [0.2, 0.25) is 11.8 Å². The molecule has 3 N–H and O–H groups in total. The fraction of sp³-hybridized carbons (Fsp3) is 0.680.